The molecule has 3 heteroatoms. The van der Waals surface area contributed by atoms with E-state index in [1.807, 2.05) is 6.08 Å². The summed E-state index contributed by atoms with van der Waals surface area (Å²) in [6.45, 7) is 32.3. The Hall–Kier alpha value is -3.69. The summed E-state index contributed by atoms with van der Waals surface area (Å²) in [5.74, 6) is 0. The van der Waals surface area contributed by atoms with Crippen LogP contribution in [0.2, 0.25) is 0 Å². The van der Waals surface area contributed by atoms with Crippen LogP contribution in [0.4, 0.5) is 0 Å². The van der Waals surface area contributed by atoms with Gasteiger partial charge in [0.05, 0.1) is 6.04 Å². The molecule has 3 rings (SSSR count). The van der Waals surface area contributed by atoms with E-state index in [2.05, 4.69) is 175 Å². The molecule has 1 aliphatic carbocycles. The Balaban J connectivity index is 1.81. The molecule has 0 saturated heterocycles. The minimum absolute atomic E-state index is 0.139. The minimum atomic E-state index is -0.271. The fraction of sp³-hybridized carbons (Fsp3) is 0.429. The van der Waals surface area contributed by atoms with Gasteiger partial charge in [0.15, 0.2) is 0 Å². The number of fused-ring (bicyclic) bond motifs is 1. The summed E-state index contributed by atoms with van der Waals surface area (Å²) in [5.41, 5.74) is 9.49. The summed E-state index contributed by atoms with van der Waals surface area (Å²) in [6, 6.07) is 0.162. The third-order valence-electron chi connectivity index (χ3n) is 10.8. The molecule has 1 unspecified atom stereocenters. The number of allylic oxidation sites excluding steroid dienone is 19. The van der Waals surface area contributed by atoms with E-state index in [4.69, 9.17) is 0 Å². The van der Waals surface area contributed by atoms with Crippen LogP contribution < -0.4 is 0 Å². The van der Waals surface area contributed by atoms with Crippen LogP contribution in [0.5, 0.6) is 0 Å². The number of nitrogens with zero attached hydrogens (tertiary/aromatic N) is 2. The number of hydrogen-bond donors (Lipinski definition) is 0. The van der Waals surface area contributed by atoms with Crippen molar-refractivity contribution in [3.8, 4) is 0 Å². The zero-order valence-electron chi connectivity index (χ0n) is 33.7. The Bertz CT molecular complexity index is 1590. The largest absolute Gasteiger partial charge is 0.351 e. The van der Waals surface area contributed by atoms with Gasteiger partial charge in [-0.2, -0.15) is 0 Å². The van der Waals surface area contributed by atoms with Gasteiger partial charge < -0.3 is 9.21 Å². The molecule has 0 fully saturated rings. The van der Waals surface area contributed by atoms with Crippen molar-refractivity contribution in [2.24, 2.45) is 10.8 Å². The first-order valence-electron chi connectivity index (χ1n) is 19.6. The fourth-order valence-electron chi connectivity index (χ4n) is 7.27. The Morgan fingerprint density at radius 1 is 0.865 bits per heavy atom. The molecule has 0 aromatic heterocycles. The van der Waals surface area contributed by atoms with E-state index < -0.39 is 0 Å². The van der Waals surface area contributed by atoms with Crippen molar-refractivity contribution in [3.63, 3.8) is 0 Å². The van der Waals surface area contributed by atoms with Gasteiger partial charge >= 0.3 is 0 Å². The first-order valence-corrected chi connectivity index (χ1v) is 20.8. The van der Waals surface area contributed by atoms with Crippen LogP contribution in [0, 0.1) is 10.8 Å². The van der Waals surface area contributed by atoms with Crippen molar-refractivity contribution in [2.75, 3.05) is 12.8 Å². The van der Waals surface area contributed by atoms with Crippen LogP contribution in [0.1, 0.15) is 106 Å². The second-order valence-electron chi connectivity index (χ2n) is 15.2. The van der Waals surface area contributed by atoms with Crippen molar-refractivity contribution in [3.05, 3.63) is 168 Å². The lowest BCUT2D eigenvalue weighted by molar-refractivity contribution is 0.297. The summed E-state index contributed by atoms with van der Waals surface area (Å²) < 4.78 is 2.35. The van der Waals surface area contributed by atoms with Gasteiger partial charge in [-0.05, 0) is 103 Å². The molecule has 0 aromatic rings. The predicted molar refractivity (Wildman–Crippen MR) is 235 cm³/mol. The molecule has 1 atom stereocenters. The highest BCUT2D eigenvalue weighted by atomic mass is 32.2. The van der Waals surface area contributed by atoms with E-state index in [-0.39, 0.29) is 16.9 Å². The normalized spacial score (nSPS) is 23.9. The molecule has 0 bridgehead atoms. The van der Waals surface area contributed by atoms with Gasteiger partial charge in [0.2, 0.25) is 0 Å². The highest BCUT2D eigenvalue weighted by Gasteiger charge is 2.37. The average Bonchev–Trinajstić information content (AvgIpc) is 3.13. The predicted octanol–water partition coefficient (Wildman–Crippen LogP) is 14.4. The molecule has 52 heavy (non-hydrogen) atoms. The van der Waals surface area contributed by atoms with Crippen LogP contribution in [0.3, 0.4) is 0 Å². The van der Waals surface area contributed by atoms with E-state index in [0.29, 0.717) is 0 Å². The van der Waals surface area contributed by atoms with Crippen LogP contribution in [0.25, 0.3) is 0 Å². The maximum Gasteiger partial charge on any atom is 0.0674 e. The van der Waals surface area contributed by atoms with E-state index in [1.165, 1.54) is 60.1 Å². The molecule has 0 saturated carbocycles. The van der Waals surface area contributed by atoms with Gasteiger partial charge in [0, 0.05) is 41.7 Å². The third kappa shape index (κ3) is 11.4. The Morgan fingerprint density at radius 3 is 2.29 bits per heavy atom. The number of unbranched alkanes of at least 4 members (excludes halogenated alkanes) is 3. The van der Waals surface area contributed by atoms with Gasteiger partial charge in [-0.3, -0.25) is 0 Å². The van der Waals surface area contributed by atoms with Gasteiger partial charge in [0.25, 0.3) is 0 Å². The van der Waals surface area contributed by atoms with Gasteiger partial charge in [-0.1, -0.05) is 165 Å². The summed E-state index contributed by atoms with van der Waals surface area (Å²) in [7, 11) is 0. The second-order valence-corrected chi connectivity index (χ2v) is 16.0. The van der Waals surface area contributed by atoms with E-state index >= 15 is 0 Å². The molecule has 0 aromatic carbocycles. The zero-order valence-corrected chi connectivity index (χ0v) is 34.5. The first kappa shape index (κ1) is 42.7. The summed E-state index contributed by atoms with van der Waals surface area (Å²) >= 11 is 1.76. The zero-order chi connectivity index (χ0) is 38.1. The van der Waals surface area contributed by atoms with Gasteiger partial charge in [0.1, 0.15) is 0 Å². The molecule has 0 amide bonds. The maximum absolute atomic E-state index is 4.64. The van der Waals surface area contributed by atoms with Crippen LogP contribution >= 0.6 is 11.9 Å². The lowest BCUT2D eigenvalue weighted by Gasteiger charge is -2.43. The number of hydrogen-bond acceptors (Lipinski definition) is 3. The minimum Gasteiger partial charge on any atom is -0.351 e. The molecule has 0 spiro atoms. The molecular weight excluding hydrogens is 649 g/mol. The molecule has 2 nitrogen and oxygen atoms in total. The Kier molecular flexibility index (Phi) is 17.4. The third-order valence-corrected chi connectivity index (χ3v) is 11.5. The molecule has 2 heterocycles. The fourth-order valence-corrected chi connectivity index (χ4v) is 8.02. The quantitative estimate of drug-likeness (QED) is 0.0892. The highest BCUT2D eigenvalue weighted by molar-refractivity contribution is 7.96. The van der Waals surface area contributed by atoms with E-state index in [9.17, 15) is 0 Å². The number of rotatable bonds is 16. The lowest BCUT2D eigenvalue weighted by Crippen LogP contribution is -2.40. The smallest absolute Gasteiger partial charge is 0.0674 e. The van der Waals surface area contributed by atoms with Crippen molar-refractivity contribution >= 4 is 11.9 Å². The van der Waals surface area contributed by atoms with Gasteiger partial charge in [-0.25, -0.2) is 0 Å². The summed E-state index contributed by atoms with van der Waals surface area (Å²) in [4.78, 5) is 2.43. The molecular formula is C49H68N2S. The first-order chi connectivity index (χ1) is 24.9. The van der Waals surface area contributed by atoms with Crippen molar-refractivity contribution in [1.29, 1.82) is 0 Å². The average molecular weight is 717 g/mol. The SMILES string of the molecule is C=C/C=C(/CCCC)CCCCCN1/C=C\C(=C)/C(=C\CC)C(=C)C(C)(C)/C1=C/C=C/C=C/C=C/C1N(SC)/C=C\C2=CCCC=C2C(=C)C1(C)C. The van der Waals surface area contributed by atoms with Gasteiger partial charge in [-0.15, -0.1) is 0 Å². The van der Waals surface area contributed by atoms with Crippen molar-refractivity contribution in [2.45, 2.75) is 112 Å². The summed E-state index contributed by atoms with van der Waals surface area (Å²) in [6.07, 6.45) is 49.0. The van der Waals surface area contributed by atoms with Crippen LogP contribution in [-0.2, 0) is 0 Å². The Labute approximate surface area is 323 Å². The van der Waals surface area contributed by atoms with Crippen LogP contribution in [0.15, 0.2) is 168 Å². The molecule has 0 N–H and O–H groups in total. The van der Waals surface area contributed by atoms with E-state index in [0.717, 1.165) is 55.4 Å². The molecule has 2 aliphatic heterocycles. The Morgan fingerprint density at radius 2 is 1.58 bits per heavy atom. The van der Waals surface area contributed by atoms with Crippen molar-refractivity contribution in [1.82, 2.24) is 9.21 Å². The highest BCUT2D eigenvalue weighted by Crippen LogP contribution is 2.45. The molecule has 280 valence electrons. The molecule has 3 aliphatic rings. The second kappa shape index (κ2) is 21.1. The van der Waals surface area contributed by atoms with E-state index in [1.54, 1.807) is 11.9 Å². The van der Waals surface area contributed by atoms with Crippen LogP contribution in [-0.4, -0.2) is 28.0 Å². The summed E-state index contributed by atoms with van der Waals surface area (Å²) in [5, 5.41) is 0. The topological polar surface area (TPSA) is 6.48 Å². The van der Waals surface area contributed by atoms with Crippen molar-refractivity contribution < 1.29 is 0 Å². The molecule has 0 radical (unpaired) electrons. The monoisotopic (exact) mass is 717 g/mol. The lowest BCUT2D eigenvalue weighted by atomic mass is 9.71. The maximum atomic E-state index is 4.64. The standard InChI is InChI=1S/C49H68N2S/c1-12-15-28-42(26-13-2)29-20-19-25-36-50-37-34-39(4)44(27-14-3)40(5)48(7,8)46(50)32-21-17-16-18-22-33-47-49(9,10)41(6)45-31-24-23-30-43(45)35-38-51(47)52-11/h13,16-18,21-22,26-27,30-35,37-38,47H,2,4-6,12,14-15,19-20,23-25,28-29,36H2,1,3,7-11H3/b18-16+,21-17+,33-22+,37-34-,38-35-,42-26-,44-27+,46-32-.